The van der Waals surface area contributed by atoms with Crippen molar-refractivity contribution in [3.63, 3.8) is 0 Å². The zero-order valence-corrected chi connectivity index (χ0v) is 11.4. The first-order chi connectivity index (χ1) is 9.90. The average molecular weight is 288 g/mol. The van der Waals surface area contributed by atoms with Crippen LogP contribution in [0.25, 0.3) is 0 Å². The first-order valence-corrected chi connectivity index (χ1v) is 6.02. The van der Waals surface area contributed by atoms with Crippen LogP contribution >= 0.6 is 0 Å². The van der Waals surface area contributed by atoms with E-state index in [0.717, 1.165) is 0 Å². The number of carboxylic acids is 1. The number of hydrogen-bond acceptors (Lipinski definition) is 5. The van der Waals surface area contributed by atoms with E-state index in [1.165, 1.54) is 30.5 Å². The Morgan fingerprint density at radius 1 is 1.38 bits per heavy atom. The van der Waals surface area contributed by atoms with Gasteiger partial charge in [-0.15, -0.1) is 0 Å². The molecule has 0 radical (unpaired) electrons. The molecule has 1 aromatic heterocycles. The molecule has 0 aliphatic rings. The monoisotopic (exact) mass is 288 g/mol. The lowest BCUT2D eigenvalue weighted by Gasteiger charge is -2.10. The number of carbonyl (C=O) groups is 1. The van der Waals surface area contributed by atoms with E-state index in [-0.39, 0.29) is 22.9 Å². The highest BCUT2D eigenvalue weighted by molar-refractivity contribution is 5.90. The van der Waals surface area contributed by atoms with E-state index >= 15 is 0 Å². The van der Waals surface area contributed by atoms with Crippen LogP contribution in [0.2, 0.25) is 0 Å². The van der Waals surface area contributed by atoms with Crippen molar-refractivity contribution in [1.82, 2.24) is 4.98 Å². The summed E-state index contributed by atoms with van der Waals surface area (Å²) in [6, 6.07) is 5.82. The van der Waals surface area contributed by atoms with E-state index < -0.39 is 10.9 Å². The second-order valence-corrected chi connectivity index (χ2v) is 4.43. The molecule has 0 spiro atoms. The first-order valence-electron chi connectivity index (χ1n) is 6.02. The summed E-state index contributed by atoms with van der Waals surface area (Å²) < 4.78 is 5.43. The van der Waals surface area contributed by atoms with Crippen molar-refractivity contribution in [3.8, 4) is 11.6 Å². The van der Waals surface area contributed by atoms with Crippen molar-refractivity contribution in [1.29, 1.82) is 0 Å². The van der Waals surface area contributed by atoms with E-state index in [1.807, 2.05) is 0 Å². The molecule has 0 fully saturated rings. The van der Waals surface area contributed by atoms with Crippen molar-refractivity contribution in [2.24, 2.45) is 0 Å². The average Bonchev–Trinajstić information content (AvgIpc) is 2.42. The van der Waals surface area contributed by atoms with Crippen LogP contribution in [0.4, 0.5) is 5.69 Å². The van der Waals surface area contributed by atoms with Crippen LogP contribution in [0.15, 0.2) is 30.5 Å². The Balaban J connectivity index is 2.46. The summed E-state index contributed by atoms with van der Waals surface area (Å²) in [5, 5.41) is 20.1. The largest absolute Gasteiger partial charge is 0.478 e. The molecule has 0 saturated heterocycles. The number of carboxylic acid groups (broad SMARTS) is 1. The van der Waals surface area contributed by atoms with Gasteiger partial charge in [0.25, 0.3) is 5.88 Å². The van der Waals surface area contributed by atoms with Crippen LogP contribution in [-0.2, 0) is 0 Å². The Labute approximate surface area is 120 Å². The van der Waals surface area contributed by atoms with Gasteiger partial charge in [0, 0.05) is 17.8 Å². The highest BCUT2D eigenvalue weighted by Gasteiger charge is 2.19. The van der Waals surface area contributed by atoms with Crippen LogP contribution in [0.1, 0.15) is 21.5 Å². The highest BCUT2D eigenvalue weighted by atomic mass is 16.6. The normalized spacial score (nSPS) is 10.2. The van der Waals surface area contributed by atoms with Gasteiger partial charge in [-0.05, 0) is 31.5 Å². The predicted molar refractivity (Wildman–Crippen MR) is 73.8 cm³/mol. The van der Waals surface area contributed by atoms with E-state index in [2.05, 4.69) is 4.98 Å². The summed E-state index contributed by atoms with van der Waals surface area (Å²) in [7, 11) is 0. The smallest absolute Gasteiger partial charge is 0.336 e. The third kappa shape index (κ3) is 2.97. The topological polar surface area (TPSA) is 103 Å². The molecule has 2 rings (SSSR count). The lowest BCUT2D eigenvalue weighted by molar-refractivity contribution is -0.386. The predicted octanol–water partition coefficient (Wildman–Crippen LogP) is 3.10. The van der Waals surface area contributed by atoms with Gasteiger partial charge in [0.1, 0.15) is 5.75 Å². The second kappa shape index (κ2) is 5.58. The van der Waals surface area contributed by atoms with Crippen LogP contribution in [0.5, 0.6) is 11.6 Å². The number of ether oxygens (including phenoxy) is 1. The summed E-state index contributed by atoms with van der Waals surface area (Å²) in [5.41, 5.74) is 0.809. The van der Waals surface area contributed by atoms with Crippen molar-refractivity contribution in [2.75, 3.05) is 0 Å². The molecule has 7 nitrogen and oxygen atoms in total. The number of nitro groups is 1. The van der Waals surface area contributed by atoms with E-state index in [0.29, 0.717) is 11.1 Å². The Kier molecular flexibility index (Phi) is 3.84. The SMILES string of the molecule is Cc1cnc(Oc2cccc(C(=O)O)c2C)c([N+](=O)[O-])c1. The molecular weight excluding hydrogens is 276 g/mol. The van der Waals surface area contributed by atoms with Gasteiger partial charge in [-0.1, -0.05) is 6.07 Å². The lowest BCUT2D eigenvalue weighted by Crippen LogP contribution is -2.02. The minimum absolute atomic E-state index is 0.0715. The number of pyridine rings is 1. The summed E-state index contributed by atoms with van der Waals surface area (Å²) >= 11 is 0. The maximum Gasteiger partial charge on any atom is 0.336 e. The van der Waals surface area contributed by atoms with Gasteiger partial charge in [0.15, 0.2) is 0 Å². The number of nitrogens with zero attached hydrogens (tertiary/aromatic N) is 2. The Morgan fingerprint density at radius 3 is 2.71 bits per heavy atom. The molecule has 0 aliphatic heterocycles. The van der Waals surface area contributed by atoms with Crippen LogP contribution < -0.4 is 4.74 Å². The molecule has 2 aromatic rings. The van der Waals surface area contributed by atoms with E-state index in [1.54, 1.807) is 13.8 Å². The van der Waals surface area contributed by atoms with Gasteiger partial charge < -0.3 is 9.84 Å². The molecule has 0 unspecified atom stereocenters. The van der Waals surface area contributed by atoms with Gasteiger partial charge in [0.2, 0.25) is 0 Å². The minimum Gasteiger partial charge on any atom is -0.478 e. The molecule has 0 bridgehead atoms. The molecule has 1 aromatic carbocycles. The standard InChI is InChI=1S/C14H12N2O5/c1-8-6-11(16(19)20)13(15-7-8)21-12-5-3-4-10(9(12)2)14(17)18/h3-7H,1-2H3,(H,17,18). The van der Waals surface area contributed by atoms with Crippen molar-refractivity contribution in [2.45, 2.75) is 13.8 Å². The summed E-state index contributed by atoms with van der Waals surface area (Å²) in [6.45, 7) is 3.25. The molecule has 0 amide bonds. The fourth-order valence-electron chi connectivity index (χ4n) is 1.81. The van der Waals surface area contributed by atoms with Crippen LogP contribution in [0, 0.1) is 24.0 Å². The first kappa shape index (κ1) is 14.4. The fourth-order valence-corrected chi connectivity index (χ4v) is 1.81. The van der Waals surface area contributed by atoms with Gasteiger partial charge in [-0.3, -0.25) is 10.1 Å². The van der Waals surface area contributed by atoms with Gasteiger partial charge in [-0.2, -0.15) is 0 Å². The van der Waals surface area contributed by atoms with Gasteiger partial charge >= 0.3 is 11.7 Å². The molecule has 108 valence electrons. The van der Waals surface area contributed by atoms with E-state index in [9.17, 15) is 14.9 Å². The highest BCUT2D eigenvalue weighted by Crippen LogP contribution is 2.32. The minimum atomic E-state index is -1.09. The third-order valence-corrected chi connectivity index (χ3v) is 2.89. The Morgan fingerprint density at radius 2 is 2.10 bits per heavy atom. The zero-order chi connectivity index (χ0) is 15.6. The summed E-state index contributed by atoms with van der Waals surface area (Å²) in [6.07, 6.45) is 1.44. The molecule has 0 atom stereocenters. The molecule has 1 N–H and O–H groups in total. The number of rotatable bonds is 4. The van der Waals surface area contributed by atoms with Crippen molar-refractivity contribution >= 4 is 11.7 Å². The van der Waals surface area contributed by atoms with Crippen molar-refractivity contribution in [3.05, 3.63) is 57.3 Å². The molecule has 21 heavy (non-hydrogen) atoms. The maximum absolute atomic E-state index is 11.1. The van der Waals surface area contributed by atoms with Gasteiger partial charge in [-0.25, -0.2) is 9.78 Å². The summed E-state index contributed by atoms with van der Waals surface area (Å²) in [5.74, 6) is -1.05. The van der Waals surface area contributed by atoms with E-state index in [4.69, 9.17) is 9.84 Å². The lowest BCUT2D eigenvalue weighted by atomic mass is 10.1. The Hall–Kier alpha value is -2.96. The number of aromatic nitrogens is 1. The van der Waals surface area contributed by atoms with Crippen LogP contribution in [0.3, 0.4) is 0 Å². The molecule has 7 heteroatoms. The quantitative estimate of drug-likeness (QED) is 0.685. The van der Waals surface area contributed by atoms with Gasteiger partial charge in [0.05, 0.1) is 10.5 Å². The number of aryl methyl sites for hydroxylation is 1. The summed E-state index contributed by atoms with van der Waals surface area (Å²) in [4.78, 5) is 25.4. The fraction of sp³-hybridized carbons (Fsp3) is 0.143. The van der Waals surface area contributed by atoms with Crippen LogP contribution in [-0.4, -0.2) is 21.0 Å². The zero-order valence-electron chi connectivity index (χ0n) is 11.4. The third-order valence-electron chi connectivity index (χ3n) is 2.89. The number of aromatic carboxylic acids is 1. The molecule has 1 heterocycles. The van der Waals surface area contributed by atoms with Crippen molar-refractivity contribution < 1.29 is 19.6 Å². The molecule has 0 saturated carbocycles. The molecular formula is C14H12N2O5. The molecule has 0 aliphatic carbocycles. The Bertz CT molecular complexity index is 727. The number of benzene rings is 1. The number of hydrogen-bond donors (Lipinski definition) is 1. The second-order valence-electron chi connectivity index (χ2n) is 4.43. The maximum atomic E-state index is 11.1.